The summed E-state index contributed by atoms with van der Waals surface area (Å²) in [6, 6.07) is 6.99. The van der Waals surface area contributed by atoms with Gasteiger partial charge in [-0.3, -0.25) is 0 Å². The summed E-state index contributed by atoms with van der Waals surface area (Å²) >= 11 is 0. The summed E-state index contributed by atoms with van der Waals surface area (Å²) in [4.78, 5) is 0. The smallest absolute Gasteiger partial charge is 0.229 e. The van der Waals surface area contributed by atoms with Crippen LogP contribution in [0, 0.1) is 0 Å². The van der Waals surface area contributed by atoms with E-state index in [4.69, 9.17) is 18.9 Å². The molecule has 168 valence electrons. The second-order valence-electron chi connectivity index (χ2n) is 7.35. The third kappa shape index (κ3) is 5.17. The normalized spacial score (nSPS) is 39.5. The molecule has 0 aliphatic carbocycles. The molecule has 30 heavy (non-hydrogen) atoms. The van der Waals surface area contributed by atoms with E-state index in [1.807, 2.05) is 12.1 Å². The first-order valence-corrected chi connectivity index (χ1v) is 9.65. The maximum Gasteiger partial charge on any atom is 0.229 e. The molecule has 2 saturated heterocycles. The topological polar surface area (TPSA) is 158 Å². The minimum absolute atomic E-state index is 0.244. The molecular formula is C20H28O10. The molecule has 9 atom stereocenters. The van der Waals surface area contributed by atoms with Crippen LogP contribution in [0.5, 0.6) is 5.75 Å². The van der Waals surface area contributed by atoms with Gasteiger partial charge in [0.1, 0.15) is 48.5 Å². The fourth-order valence-corrected chi connectivity index (χ4v) is 3.27. The van der Waals surface area contributed by atoms with Gasteiger partial charge in [-0.05, 0) is 24.1 Å². The molecule has 0 unspecified atom stereocenters. The number of hydrogen-bond acceptors (Lipinski definition) is 10. The molecule has 0 saturated carbocycles. The minimum atomic E-state index is -1.57. The number of allylic oxidation sites excluding steroid dienone is 1. The molecule has 2 aliphatic heterocycles. The largest absolute Gasteiger partial charge is 0.462 e. The molecule has 2 heterocycles. The van der Waals surface area contributed by atoms with Crippen LogP contribution in [-0.2, 0) is 20.6 Å². The van der Waals surface area contributed by atoms with E-state index in [2.05, 4.69) is 6.58 Å². The Morgan fingerprint density at radius 3 is 2.23 bits per heavy atom. The molecule has 10 nitrogen and oxygen atoms in total. The van der Waals surface area contributed by atoms with E-state index in [0.717, 1.165) is 5.56 Å². The van der Waals surface area contributed by atoms with Crippen molar-refractivity contribution in [1.29, 1.82) is 0 Å². The zero-order valence-electron chi connectivity index (χ0n) is 16.2. The molecule has 1 aromatic carbocycles. The Balaban J connectivity index is 1.60. The predicted octanol–water partition coefficient (Wildman–Crippen LogP) is -1.94. The zero-order valence-corrected chi connectivity index (χ0v) is 16.2. The summed E-state index contributed by atoms with van der Waals surface area (Å²) < 4.78 is 21.7. The Bertz CT molecular complexity index is 683. The quantitative estimate of drug-likeness (QED) is 0.270. The summed E-state index contributed by atoms with van der Waals surface area (Å²) in [5.74, 6) is 0.387. The van der Waals surface area contributed by atoms with E-state index in [1.54, 1.807) is 18.2 Å². The van der Waals surface area contributed by atoms with E-state index in [0.29, 0.717) is 12.2 Å². The Morgan fingerprint density at radius 1 is 0.900 bits per heavy atom. The lowest BCUT2D eigenvalue weighted by Gasteiger charge is -2.41. The second-order valence-corrected chi connectivity index (χ2v) is 7.35. The molecule has 0 aromatic heterocycles. The first-order valence-electron chi connectivity index (χ1n) is 9.65. The lowest BCUT2D eigenvalue weighted by molar-refractivity contribution is -0.307. The van der Waals surface area contributed by atoms with E-state index >= 15 is 0 Å². The fourth-order valence-electron chi connectivity index (χ4n) is 3.27. The zero-order chi connectivity index (χ0) is 21.8. The molecule has 3 rings (SSSR count). The van der Waals surface area contributed by atoms with E-state index < -0.39 is 55.3 Å². The summed E-state index contributed by atoms with van der Waals surface area (Å²) in [7, 11) is 0. The highest BCUT2D eigenvalue weighted by Gasteiger charge is 2.46. The van der Waals surface area contributed by atoms with Gasteiger partial charge in [0.25, 0.3) is 0 Å². The molecule has 0 spiro atoms. The molecule has 6 N–H and O–H groups in total. The Labute approximate surface area is 173 Å². The van der Waals surface area contributed by atoms with Crippen molar-refractivity contribution in [2.45, 2.75) is 61.7 Å². The van der Waals surface area contributed by atoms with Crippen molar-refractivity contribution in [2.75, 3.05) is 13.2 Å². The van der Waals surface area contributed by atoms with Gasteiger partial charge in [0.2, 0.25) is 6.29 Å². The van der Waals surface area contributed by atoms with Gasteiger partial charge in [-0.25, -0.2) is 0 Å². The number of aliphatic hydroxyl groups excluding tert-OH is 6. The van der Waals surface area contributed by atoms with Crippen LogP contribution < -0.4 is 4.74 Å². The monoisotopic (exact) mass is 428 g/mol. The molecule has 1 aromatic rings. The van der Waals surface area contributed by atoms with Crippen LogP contribution in [0.15, 0.2) is 36.9 Å². The van der Waals surface area contributed by atoms with Crippen molar-refractivity contribution >= 4 is 0 Å². The van der Waals surface area contributed by atoms with Crippen LogP contribution in [0.2, 0.25) is 0 Å². The van der Waals surface area contributed by atoms with Crippen molar-refractivity contribution in [1.82, 2.24) is 0 Å². The van der Waals surface area contributed by atoms with E-state index in [1.165, 1.54) is 0 Å². The van der Waals surface area contributed by atoms with Gasteiger partial charge in [0.15, 0.2) is 6.29 Å². The van der Waals surface area contributed by atoms with Gasteiger partial charge in [-0.2, -0.15) is 0 Å². The van der Waals surface area contributed by atoms with Crippen LogP contribution in [0.4, 0.5) is 0 Å². The van der Waals surface area contributed by atoms with E-state index in [-0.39, 0.29) is 13.2 Å². The third-order valence-electron chi connectivity index (χ3n) is 5.10. The first kappa shape index (κ1) is 23.1. The SMILES string of the molecule is C=CCc1ccc(O[C@@H]2O[C@H](CO[C@@H]3OC[C@H](O)[C@H](O)[C@H]3O)[C@@H](O)[C@@H](O)[C@H]2O)cc1. The summed E-state index contributed by atoms with van der Waals surface area (Å²) in [6.07, 6.45) is -10.00. The van der Waals surface area contributed by atoms with Crippen LogP contribution >= 0.6 is 0 Å². The standard InChI is InChI=1S/C20H28O10/c1-2-3-10-4-6-11(7-5-10)29-20-18(26)16(24)15(23)13(30-20)9-28-19-17(25)14(22)12(21)8-27-19/h2,4-7,12-26H,1,3,8-9H2/t12-,13+,14-,15+,16+,17+,18+,19-,20+/m0/s1. The highest BCUT2D eigenvalue weighted by Crippen LogP contribution is 2.26. The van der Waals surface area contributed by atoms with Crippen molar-refractivity contribution in [3.05, 3.63) is 42.5 Å². The van der Waals surface area contributed by atoms with Gasteiger partial charge in [0.05, 0.1) is 13.2 Å². The summed E-state index contributed by atoms with van der Waals surface area (Å²) in [5.41, 5.74) is 1.02. The first-order chi connectivity index (χ1) is 14.3. The van der Waals surface area contributed by atoms with Crippen LogP contribution in [0.25, 0.3) is 0 Å². The van der Waals surface area contributed by atoms with E-state index in [9.17, 15) is 30.6 Å². The molecular weight excluding hydrogens is 400 g/mol. The minimum Gasteiger partial charge on any atom is -0.462 e. The average Bonchev–Trinajstić information content (AvgIpc) is 2.74. The number of hydrogen-bond donors (Lipinski definition) is 6. The molecule has 0 amide bonds. The van der Waals surface area contributed by atoms with Crippen molar-refractivity contribution in [3.8, 4) is 5.75 Å². The van der Waals surface area contributed by atoms with Gasteiger partial charge in [-0.1, -0.05) is 18.2 Å². The Kier molecular flexibility index (Phi) is 7.80. The third-order valence-corrected chi connectivity index (χ3v) is 5.10. The van der Waals surface area contributed by atoms with Crippen LogP contribution in [0.1, 0.15) is 5.56 Å². The molecule has 2 fully saturated rings. The molecule has 10 heteroatoms. The van der Waals surface area contributed by atoms with Crippen molar-refractivity contribution in [2.24, 2.45) is 0 Å². The lowest BCUT2D eigenvalue weighted by atomic mass is 9.99. The molecule has 0 bridgehead atoms. The maximum atomic E-state index is 10.2. The van der Waals surface area contributed by atoms with Crippen LogP contribution in [-0.4, -0.2) is 99.2 Å². The fraction of sp³-hybridized carbons (Fsp3) is 0.600. The number of rotatable bonds is 7. The Morgan fingerprint density at radius 2 is 1.57 bits per heavy atom. The summed E-state index contributed by atoms with van der Waals surface area (Å²) in [5, 5.41) is 59.7. The second kappa shape index (κ2) is 10.1. The van der Waals surface area contributed by atoms with Gasteiger partial charge in [0, 0.05) is 0 Å². The highest BCUT2D eigenvalue weighted by atomic mass is 16.7. The Hall–Kier alpha value is -1.60. The van der Waals surface area contributed by atoms with Gasteiger partial charge >= 0.3 is 0 Å². The number of benzene rings is 1. The predicted molar refractivity (Wildman–Crippen MR) is 101 cm³/mol. The lowest BCUT2D eigenvalue weighted by Crippen LogP contribution is -2.61. The highest BCUT2D eigenvalue weighted by molar-refractivity contribution is 5.28. The number of ether oxygens (including phenoxy) is 4. The van der Waals surface area contributed by atoms with Gasteiger partial charge < -0.3 is 49.6 Å². The molecule has 0 radical (unpaired) electrons. The summed E-state index contributed by atoms with van der Waals surface area (Å²) in [6.45, 7) is 3.09. The average molecular weight is 428 g/mol. The van der Waals surface area contributed by atoms with Crippen molar-refractivity contribution < 1.29 is 49.6 Å². The molecule has 2 aliphatic rings. The maximum absolute atomic E-state index is 10.2. The van der Waals surface area contributed by atoms with Crippen molar-refractivity contribution in [3.63, 3.8) is 0 Å². The van der Waals surface area contributed by atoms with Crippen LogP contribution in [0.3, 0.4) is 0 Å². The number of aliphatic hydroxyl groups is 6. The van der Waals surface area contributed by atoms with Gasteiger partial charge in [-0.15, -0.1) is 6.58 Å².